The predicted octanol–water partition coefficient (Wildman–Crippen LogP) is 2.97. The van der Waals surface area contributed by atoms with Crippen LogP contribution < -0.4 is 14.8 Å². The summed E-state index contributed by atoms with van der Waals surface area (Å²) in [6.07, 6.45) is -0.555. The Labute approximate surface area is 162 Å². The van der Waals surface area contributed by atoms with E-state index in [2.05, 4.69) is 24.1 Å². The summed E-state index contributed by atoms with van der Waals surface area (Å²) in [6, 6.07) is 10.1. The normalized spacial score (nSPS) is 12.6. The van der Waals surface area contributed by atoms with Gasteiger partial charge in [-0.1, -0.05) is 6.07 Å². The summed E-state index contributed by atoms with van der Waals surface area (Å²) in [5, 5.41) is 13.5. The summed E-state index contributed by atoms with van der Waals surface area (Å²) >= 11 is 0. The molecule has 0 spiro atoms. The van der Waals surface area contributed by atoms with Gasteiger partial charge in [-0.2, -0.15) is 0 Å². The largest absolute Gasteiger partial charge is 0.493 e. The number of nitrogens with zero attached hydrogens (tertiary/aromatic N) is 1. The molecule has 0 radical (unpaired) electrons. The number of rotatable bonds is 11. The molecule has 1 unspecified atom stereocenters. The Bertz CT molecular complexity index is 699. The number of hydrogen-bond acceptors (Lipinski definition) is 6. The topological polar surface area (TPSA) is 67.1 Å². The van der Waals surface area contributed by atoms with Crippen LogP contribution in [0, 0.1) is 6.92 Å². The Morgan fingerprint density at radius 3 is 2.56 bits per heavy atom. The molecule has 2 N–H and O–H groups in total. The zero-order valence-corrected chi connectivity index (χ0v) is 17.0. The fourth-order valence-corrected chi connectivity index (χ4v) is 2.63. The minimum Gasteiger partial charge on any atom is -0.493 e. The van der Waals surface area contributed by atoms with Crippen LogP contribution >= 0.6 is 0 Å². The molecule has 0 fully saturated rings. The van der Waals surface area contributed by atoms with Gasteiger partial charge in [-0.05, 0) is 57.6 Å². The minimum atomic E-state index is -0.555. The number of aliphatic hydroxyl groups excluding tert-OH is 1. The number of ether oxygens (including phenoxy) is 2. The molecule has 0 aliphatic heterocycles. The molecule has 27 heavy (non-hydrogen) atoms. The first-order valence-corrected chi connectivity index (χ1v) is 9.33. The maximum atomic E-state index is 10.1. The smallest absolute Gasteiger partial charge is 0.161 e. The Hall–Kier alpha value is -2.02. The molecular formula is C21H32N2O4. The van der Waals surface area contributed by atoms with Crippen LogP contribution in [0.15, 0.2) is 34.7 Å². The third kappa shape index (κ3) is 6.90. The summed E-state index contributed by atoms with van der Waals surface area (Å²) in [6.45, 7) is 8.27. The van der Waals surface area contributed by atoms with E-state index in [1.54, 1.807) is 7.11 Å². The molecule has 0 aliphatic rings. The number of benzene rings is 1. The van der Waals surface area contributed by atoms with Gasteiger partial charge in [0, 0.05) is 19.1 Å². The predicted molar refractivity (Wildman–Crippen MR) is 106 cm³/mol. The first-order chi connectivity index (χ1) is 12.9. The second-order valence-electron chi connectivity index (χ2n) is 7.10. The van der Waals surface area contributed by atoms with Gasteiger partial charge in [0.2, 0.25) is 0 Å². The quantitative estimate of drug-likeness (QED) is 0.629. The van der Waals surface area contributed by atoms with Crippen molar-refractivity contribution in [2.75, 3.05) is 27.3 Å². The van der Waals surface area contributed by atoms with Gasteiger partial charge >= 0.3 is 0 Å². The van der Waals surface area contributed by atoms with E-state index in [1.165, 1.54) is 0 Å². The highest BCUT2D eigenvalue weighted by Crippen LogP contribution is 2.28. The lowest BCUT2D eigenvalue weighted by Gasteiger charge is -2.24. The highest BCUT2D eigenvalue weighted by Gasteiger charge is 2.13. The summed E-state index contributed by atoms with van der Waals surface area (Å²) in [4.78, 5) is 2.08. The first kappa shape index (κ1) is 21.3. The summed E-state index contributed by atoms with van der Waals surface area (Å²) in [5.74, 6) is 3.12. The molecule has 0 bridgehead atoms. The van der Waals surface area contributed by atoms with Crippen LogP contribution in [0.5, 0.6) is 11.5 Å². The maximum Gasteiger partial charge on any atom is 0.161 e. The van der Waals surface area contributed by atoms with Crippen LogP contribution in [0.4, 0.5) is 0 Å². The van der Waals surface area contributed by atoms with E-state index >= 15 is 0 Å². The van der Waals surface area contributed by atoms with Gasteiger partial charge in [-0.3, -0.25) is 0 Å². The van der Waals surface area contributed by atoms with Crippen LogP contribution in [0.25, 0.3) is 0 Å². The Morgan fingerprint density at radius 1 is 1.15 bits per heavy atom. The highest BCUT2D eigenvalue weighted by molar-refractivity contribution is 5.43. The van der Waals surface area contributed by atoms with Crippen molar-refractivity contribution in [3.63, 3.8) is 0 Å². The molecule has 2 aromatic rings. The summed E-state index contributed by atoms with van der Waals surface area (Å²) < 4.78 is 16.8. The van der Waals surface area contributed by atoms with E-state index in [0.29, 0.717) is 37.2 Å². The molecule has 1 aromatic carbocycles. The van der Waals surface area contributed by atoms with E-state index in [0.717, 1.165) is 17.1 Å². The molecule has 150 valence electrons. The molecule has 0 aliphatic carbocycles. The molecule has 1 atom stereocenters. The van der Waals surface area contributed by atoms with Crippen molar-refractivity contribution in [2.24, 2.45) is 0 Å². The number of aliphatic hydroxyl groups is 1. The third-order valence-electron chi connectivity index (χ3n) is 4.46. The van der Waals surface area contributed by atoms with Crippen LogP contribution in [-0.4, -0.2) is 49.5 Å². The number of likely N-dealkylation sites (N-methyl/N-ethyl adjacent to an activating group) is 1. The van der Waals surface area contributed by atoms with Gasteiger partial charge in [0.25, 0.3) is 0 Å². The standard InChI is InChI=1S/C21H32N2O4/c1-15(2)23(4)13-18(24)14-26-20-9-7-17(10-21(20)25-5)11-22-12-19-8-6-16(3)27-19/h6-10,15,18,22,24H,11-14H2,1-5H3. The summed E-state index contributed by atoms with van der Waals surface area (Å²) in [5.41, 5.74) is 1.09. The van der Waals surface area contributed by atoms with E-state index in [-0.39, 0.29) is 6.61 Å². The Balaban J connectivity index is 1.85. The van der Waals surface area contributed by atoms with Gasteiger partial charge in [0.1, 0.15) is 24.2 Å². The average molecular weight is 376 g/mol. The maximum absolute atomic E-state index is 10.1. The fraction of sp³-hybridized carbons (Fsp3) is 0.524. The van der Waals surface area contributed by atoms with Crippen molar-refractivity contribution in [2.45, 2.75) is 46.0 Å². The molecule has 0 amide bonds. The molecule has 2 rings (SSSR count). The van der Waals surface area contributed by atoms with Crippen molar-refractivity contribution in [1.82, 2.24) is 10.2 Å². The summed E-state index contributed by atoms with van der Waals surface area (Å²) in [7, 11) is 3.61. The lowest BCUT2D eigenvalue weighted by Crippen LogP contribution is -2.36. The zero-order valence-electron chi connectivity index (χ0n) is 17.0. The number of hydrogen-bond donors (Lipinski definition) is 2. The average Bonchev–Trinajstić information content (AvgIpc) is 3.05. The van der Waals surface area contributed by atoms with Gasteiger partial charge in [-0.25, -0.2) is 0 Å². The minimum absolute atomic E-state index is 0.225. The van der Waals surface area contributed by atoms with E-state index < -0.39 is 6.10 Å². The number of furan rings is 1. The number of nitrogens with one attached hydrogen (secondary N) is 1. The number of methoxy groups -OCH3 is 1. The van der Waals surface area contributed by atoms with Gasteiger partial charge < -0.3 is 29.2 Å². The molecule has 0 saturated heterocycles. The third-order valence-corrected chi connectivity index (χ3v) is 4.46. The van der Waals surface area contributed by atoms with Gasteiger partial charge in [0.05, 0.1) is 13.7 Å². The second-order valence-corrected chi connectivity index (χ2v) is 7.10. The fourth-order valence-electron chi connectivity index (χ4n) is 2.63. The zero-order chi connectivity index (χ0) is 19.8. The second kappa shape index (κ2) is 10.3. The van der Waals surface area contributed by atoms with Crippen molar-refractivity contribution < 1.29 is 19.0 Å². The SMILES string of the molecule is COc1cc(CNCc2ccc(C)o2)ccc1OCC(O)CN(C)C(C)C. The Morgan fingerprint density at radius 2 is 1.93 bits per heavy atom. The van der Waals surface area contributed by atoms with Crippen molar-refractivity contribution >= 4 is 0 Å². The molecule has 6 heteroatoms. The van der Waals surface area contributed by atoms with Crippen LogP contribution in [-0.2, 0) is 13.1 Å². The van der Waals surface area contributed by atoms with Gasteiger partial charge in [-0.15, -0.1) is 0 Å². The number of aryl methyl sites for hydroxylation is 1. The molecule has 0 saturated carbocycles. The van der Waals surface area contributed by atoms with Crippen LogP contribution in [0.3, 0.4) is 0 Å². The van der Waals surface area contributed by atoms with Gasteiger partial charge in [0.15, 0.2) is 11.5 Å². The highest BCUT2D eigenvalue weighted by atomic mass is 16.5. The van der Waals surface area contributed by atoms with E-state index in [1.807, 2.05) is 44.3 Å². The van der Waals surface area contributed by atoms with E-state index in [9.17, 15) is 5.11 Å². The van der Waals surface area contributed by atoms with Crippen LogP contribution in [0.2, 0.25) is 0 Å². The van der Waals surface area contributed by atoms with Crippen molar-refractivity contribution in [3.8, 4) is 11.5 Å². The van der Waals surface area contributed by atoms with Crippen LogP contribution in [0.1, 0.15) is 30.9 Å². The monoisotopic (exact) mass is 376 g/mol. The molecule has 1 heterocycles. The lowest BCUT2D eigenvalue weighted by molar-refractivity contribution is 0.0668. The Kier molecular flexibility index (Phi) is 8.16. The first-order valence-electron chi connectivity index (χ1n) is 9.33. The van der Waals surface area contributed by atoms with Crippen molar-refractivity contribution in [1.29, 1.82) is 0 Å². The molecule has 1 aromatic heterocycles. The molecular weight excluding hydrogens is 344 g/mol. The molecule has 6 nitrogen and oxygen atoms in total. The van der Waals surface area contributed by atoms with Crippen molar-refractivity contribution in [3.05, 3.63) is 47.4 Å². The lowest BCUT2D eigenvalue weighted by atomic mass is 10.2. The van der Waals surface area contributed by atoms with E-state index in [4.69, 9.17) is 13.9 Å².